The van der Waals surface area contributed by atoms with Crippen molar-refractivity contribution < 1.29 is 9.31 Å². The number of rotatable bonds is 1. The number of hydrogen-bond acceptors (Lipinski definition) is 2. The van der Waals surface area contributed by atoms with Gasteiger partial charge in [0.25, 0.3) is 5.69 Å². The van der Waals surface area contributed by atoms with Crippen molar-refractivity contribution in [2.75, 3.05) is 0 Å². The highest BCUT2D eigenvalue weighted by molar-refractivity contribution is 6.30. The maximum Gasteiger partial charge on any atom is 0.273 e. The molecule has 0 spiro atoms. The zero-order chi connectivity index (χ0) is 8.43. The fraction of sp³-hybridized carbons (Fsp3) is 0. The van der Waals surface area contributed by atoms with Gasteiger partial charge in [-0.15, -0.1) is 0 Å². The van der Waals surface area contributed by atoms with Gasteiger partial charge in [-0.2, -0.15) is 0 Å². The number of hydrogen-bond donors (Lipinski definition) is 0. The standard InChI is InChI=1S/C6H2ClFNO2/c7-4-1-5(8)3-6(2-4)9(10)11/h2-3H. The van der Waals surface area contributed by atoms with Crippen molar-refractivity contribution in [2.24, 2.45) is 0 Å². The SMILES string of the molecule is O=[N+]([O-])c1cc(F)[c]c(Cl)c1. The zero-order valence-corrected chi connectivity index (χ0v) is 5.93. The van der Waals surface area contributed by atoms with E-state index in [4.69, 9.17) is 11.6 Å². The maximum absolute atomic E-state index is 12.3. The molecule has 0 heterocycles. The molecule has 1 aromatic rings. The molecule has 0 unspecified atom stereocenters. The van der Waals surface area contributed by atoms with Crippen LogP contribution >= 0.6 is 11.6 Å². The molecule has 57 valence electrons. The summed E-state index contributed by atoms with van der Waals surface area (Å²) in [5.74, 6) is -0.829. The molecule has 0 aliphatic rings. The molecule has 0 atom stereocenters. The quantitative estimate of drug-likeness (QED) is 0.484. The minimum absolute atomic E-state index is 0.100. The van der Waals surface area contributed by atoms with E-state index in [1.807, 2.05) is 0 Å². The third kappa shape index (κ3) is 1.88. The van der Waals surface area contributed by atoms with Gasteiger partial charge in [-0.05, 0) is 0 Å². The molecule has 0 saturated carbocycles. The molecule has 3 nitrogen and oxygen atoms in total. The van der Waals surface area contributed by atoms with E-state index >= 15 is 0 Å². The molecule has 11 heavy (non-hydrogen) atoms. The van der Waals surface area contributed by atoms with Crippen LogP contribution in [0, 0.1) is 22.0 Å². The summed E-state index contributed by atoms with van der Waals surface area (Å²) in [6.07, 6.45) is 0. The summed E-state index contributed by atoms with van der Waals surface area (Å²) in [4.78, 5) is 9.35. The van der Waals surface area contributed by atoms with Crippen LogP contribution < -0.4 is 0 Å². The van der Waals surface area contributed by atoms with Crippen molar-refractivity contribution in [3.63, 3.8) is 0 Å². The first-order valence-electron chi connectivity index (χ1n) is 2.62. The van der Waals surface area contributed by atoms with Gasteiger partial charge in [-0.25, -0.2) is 4.39 Å². The van der Waals surface area contributed by atoms with Crippen LogP contribution in [-0.4, -0.2) is 4.92 Å². The first-order chi connectivity index (χ1) is 5.09. The molecule has 0 amide bonds. The van der Waals surface area contributed by atoms with Gasteiger partial charge in [-0.1, -0.05) is 11.6 Å². The van der Waals surface area contributed by atoms with Gasteiger partial charge in [0.2, 0.25) is 0 Å². The average molecular weight is 175 g/mol. The van der Waals surface area contributed by atoms with Crippen LogP contribution in [0.2, 0.25) is 5.02 Å². The molecule has 1 radical (unpaired) electrons. The molecular weight excluding hydrogens is 173 g/mol. The van der Waals surface area contributed by atoms with E-state index in [2.05, 4.69) is 6.07 Å². The third-order valence-corrected chi connectivity index (χ3v) is 1.20. The summed E-state index contributed by atoms with van der Waals surface area (Å²) < 4.78 is 12.3. The lowest BCUT2D eigenvalue weighted by atomic mass is 10.3. The van der Waals surface area contributed by atoms with Crippen LogP contribution in [0.15, 0.2) is 12.1 Å². The summed E-state index contributed by atoms with van der Waals surface area (Å²) >= 11 is 5.29. The summed E-state index contributed by atoms with van der Waals surface area (Å²) in [7, 11) is 0. The van der Waals surface area contributed by atoms with Crippen LogP contribution in [0.25, 0.3) is 0 Å². The number of nitrogens with zero attached hydrogens (tertiary/aromatic N) is 1. The number of nitro groups is 1. The Bertz CT molecular complexity index is 282. The van der Waals surface area contributed by atoms with Crippen LogP contribution in [0.3, 0.4) is 0 Å². The van der Waals surface area contributed by atoms with Crippen LogP contribution in [0.5, 0.6) is 0 Å². The summed E-state index contributed by atoms with van der Waals surface area (Å²) in [6.45, 7) is 0. The Morgan fingerprint density at radius 1 is 1.64 bits per heavy atom. The van der Waals surface area contributed by atoms with E-state index in [1.54, 1.807) is 0 Å². The molecule has 0 aromatic heterocycles. The first kappa shape index (κ1) is 7.94. The molecule has 0 N–H and O–H groups in total. The van der Waals surface area contributed by atoms with Crippen molar-refractivity contribution in [1.29, 1.82) is 0 Å². The molecule has 5 heteroatoms. The lowest BCUT2D eigenvalue weighted by Gasteiger charge is -1.91. The van der Waals surface area contributed by atoms with Crippen molar-refractivity contribution in [1.82, 2.24) is 0 Å². The normalized spacial score (nSPS) is 9.64. The largest absolute Gasteiger partial charge is 0.273 e. The van der Waals surface area contributed by atoms with Gasteiger partial charge in [-0.3, -0.25) is 10.1 Å². The van der Waals surface area contributed by atoms with Gasteiger partial charge in [0.05, 0.1) is 16.0 Å². The van der Waals surface area contributed by atoms with Gasteiger partial charge in [0.15, 0.2) is 0 Å². The smallest absolute Gasteiger partial charge is 0.258 e. The fourth-order valence-electron chi connectivity index (χ4n) is 0.593. The lowest BCUT2D eigenvalue weighted by molar-refractivity contribution is -0.385. The summed E-state index contributed by atoms with van der Waals surface area (Å²) in [5.41, 5.74) is -0.369. The van der Waals surface area contributed by atoms with Crippen LogP contribution in [-0.2, 0) is 0 Å². The van der Waals surface area contributed by atoms with E-state index < -0.39 is 10.7 Å². The highest BCUT2D eigenvalue weighted by Crippen LogP contribution is 2.18. The summed E-state index contributed by atoms with van der Waals surface area (Å²) in [6, 6.07) is 3.85. The van der Waals surface area contributed by atoms with Crippen LogP contribution in [0.4, 0.5) is 10.1 Å². The number of halogens is 2. The molecular formula is C6H2ClFNO2. The number of benzene rings is 1. The monoisotopic (exact) mass is 174 g/mol. The van der Waals surface area contributed by atoms with E-state index in [9.17, 15) is 14.5 Å². The van der Waals surface area contributed by atoms with E-state index in [0.29, 0.717) is 0 Å². The first-order valence-corrected chi connectivity index (χ1v) is 3.00. The molecule has 1 rings (SSSR count). The van der Waals surface area contributed by atoms with E-state index in [1.165, 1.54) is 0 Å². The Balaban J connectivity index is 3.19. The Hall–Kier alpha value is -1.16. The summed E-state index contributed by atoms with van der Waals surface area (Å²) in [5, 5.41) is 9.97. The topological polar surface area (TPSA) is 43.1 Å². The van der Waals surface area contributed by atoms with Gasteiger partial charge in [0.1, 0.15) is 5.82 Å². The molecule has 0 fully saturated rings. The third-order valence-electron chi connectivity index (χ3n) is 0.999. The Morgan fingerprint density at radius 2 is 2.27 bits per heavy atom. The molecule has 0 aliphatic carbocycles. The van der Waals surface area contributed by atoms with Gasteiger partial charge < -0.3 is 0 Å². The molecule has 0 aliphatic heterocycles. The predicted molar refractivity (Wildman–Crippen MR) is 36.9 cm³/mol. The van der Waals surface area contributed by atoms with E-state index in [-0.39, 0.29) is 10.7 Å². The fourth-order valence-corrected chi connectivity index (χ4v) is 0.795. The van der Waals surface area contributed by atoms with Crippen molar-refractivity contribution in [3.8, 4) is 0 Å². The zero-order valence-electron chi connectivity index (χ0n) is 5.17. The van der Waals surface area contributed by atoms with Gasteiger partial charge in [0, 0.05) is 12.1 Å². The average Bonchev–Trinajstić information content (AvgIpc) is 1.85. The lowest BCUT2D eigenvalue weighted by Crippen LogP contribution is -1.88. The Kier molecular flexibility index (Phi) is 2.05. The molecule has 0 bridgehead atoms. The van der Waals surface area contributed by atoms with Crippen molar-refractivity contribution in [2.45, 2.75) is 0 Å². The second-order valence-electron chi connectivity index (χ2n) is 1.79. The highest BCUT2D eigenvalue weighted by Gasteiger charge is 2.08. The second kappa shape index (κ2) is 2.84. The number of non-ortho nitro benzene ring substituents is 1. The minimum atomic E-state index is -0.829. The van der Waals surface area contributed by atoms with Crippen molar-refractivity contribution >= 4 is 17.3 Å². The predicted octanol–water partition coefficient (Wildman–Crippen LogP) is 2.19. The second-order valence-corrected chi connectivity index (χ2v) is 2.20. The van der Waals surface area contributed by atoms with Gasteiger partial charge >= 0.3 is 0 Å². The molecule has 0 saturated heterocycles. The van der Waals surface area contributed by atoms with Crippen LogP contribution in [0.1, 0.15) is 0 Å². The van der Waals surface area contributed by atoms with E-state index in [0.717, 1.165) is 12.1 Å². The minimum Gasteiger partial charge on any atom is -0.258 e. The molecule has 1 aromatic carbocycles. The highest BCUT2D eigenvalue weighted by atomic mass is 35.5. The maximum atomic E-state index is 12.3. The number of nitro benzene ring substituents is 1. The van der Waals surface area contributed by atoms with Crippen molar-refractivity contribution in [3.05, 3.63) is 39.2 Å². The Labute approximate surface area is 66.6 Å². The Morgan fingerprint density at radius 3 is 2.73 bits per heavy atom.